The Bertz CT molecular complexity index is 2660. The summed E-state index contributed by atoms with van der Waals surface area (Å²) in [5.74, 6) is -0.486. The molecule has 0 saturated carbocycles. The summed E-state index contributed by atoms with van der Waals surface area (Å²) >= 11 is 1.41. The number of piperazine rings is 1. The molecule has 18 heteroatoms. The molecule has 3 amide bonds. The number of rotatable bonds is 12. The molecule has 3 aliphatic heterocycles. The van der Waals surface area contributed by atoms with Crippen LogP contribution in [0.3, 0.4) is 0 Å². The van der Waals surface area contributed by atoms with Gasteiger partial charge < -0.3 is 15.1 Å². The van der Waals surface area contributed by atoms with Gasteiger partial charge in [0.25, 0.3) is 0 Å². The van der Waals surface area contributed by atoms with Crippen LogP contribution in [0.4, 0.5) is 27.5 Å². The third kappa shape index (κ3) is 10.0. The molecule has 3 aromatic heterocycles. The monoisotopic (exact) mass is 894 g/mol. The van der Waals surface area contributed by atoms with Gasteiger partial charge in [-0.2, -0.15) is 0 Å². The molecule has 2 fully saturated rings. The van der Waals surface area contributed by atoms with E-state index in [0.29, 0.717) is 93.7 Å². The highest BCUT2D eigenvalue weighted by molar-refractivity contribution is 7.92. The summed E-state index contributed by atoms with van der Waals surface area (Å²) in [6, 6.07) is 16.2. The van der Waals surface area contributed by atoms with E-state index in [0.717, 1.165) is 33.2 Å². The third-order valence-electron chi connectivity index (χ3n) is 11.4. The molecule has 0 bridgehead atoms. The molecule has 6 heterocycles. The predicted octanol–water partition coefficient (Wildman–Crippen LogP) is 6.22. The first-order valence-electron chi connectivity index (χ1n) is 21.2. The van der Waals surface area contributed by atoms with Gasteiger partial charge in [-0.05, 0) is 78.4 Å². The number of aromatic nitrogens is 4. The number of benzene rings is 2. The van der Waals surface area contributed by atoms with E-state index in [2.05, 4.69) is 41.2 Å². The van der Waals surface area contributed by atoms with E-state index in [4.69, 9.17) is 9.97 Å². The maximum atomic E-state index is 16.1. The van der Waals surface area contributed by atoms with E-state index in [9.17, 15) is 22.8 Å². The number of pyridine rings is 1. The van der Waals surface area contributed by atoms with Crippen molar-refractivity contribution in [2.24, 2.45) is 0 Å². The van der Waals surface area contributed by atoms with Crippen LogP contribution in [0.1, 0.15) is 74.6 Å². The standard InChI is InChI=1S/C45H51FN10O5S2/c1-5-23-63(60,61)53-34-8-6-7-33(39(34)46)40-41(62-43(52-40)45(2,3)4)35-14-17-48-44(50-35)49-31-10-9-30-26-56(18-15-28(30)24-31)38(58)27-54-19-21-55(22-20-54)36-25-29(13-16-47-36)32-11-12-37(57)51-42(32)59/h6-10,13-14,16-17,24-25,32,53H,5,11-12,15,18-23,26-27H2,1-4H3,(H,48,49,50)(H,51,57,59)/t32-/m1/s1. The maximum absolute atomic E-state index is 16.1. The summed E-state index contributed by atoms with van der Waals surface area (Å²) in [6.45, 7) is 12.1. The minimum absolute atomic E-state index is 0.0842. The summed E-state index contributed by atoms with van der Waals surface area (Å²) in [5.41, 5.74) is 4.43. The van der Waals surface area contributed by atoms with E-state index in [1.807, 2.05) is 49.9 Å². The summed E-state index contributed by atoms with van der Waals surface area (Å²) in [4.78, 5) is 63.3. The van der Waals surface area contributed by atoms with Gasteiger partial charge in [0, 0.05) is 74.7 Å². The lowest BCUT2D eigenvalue weighted by Crippen LogP contribution is -2.50. The van der Waals surface area contributed by atoms with Gasteiger partial charge in [0.05, 0.1) is 45.2 Å². The Labute approximate surface area is 370 Å². The van der Waals surface area contributed by atoms with Crippen LogP contribution < -0.4 is 20.3 Å². The fraction of sp³-hybridized carbons (Fsp3) is 0.400. The first-order valence-corrected chi connectivity index (χ1v) is 23.7. The van der Waals surface area contributed by atoms with E-state index < -0.39 is 15.8 Å². The largest absolute Gasteiger partial charge is 0.354 e. The van der Waals surface area contributed by atoms with Crippen molar-refractivity contribution in [1.82, 2.24) is 35.1 Å². The molecule has 330 valence electrons. The number of carbonyl (C=O) groups is 3. The summed E-state index contributed by atoms with van der Waals surface area (Å²) in [5, 5.41) is 6.54. The second-order valence-corrected chi connectivity index (χ2v) is 20.0. The fourth-order valence-corrected chi connectivity index (χ4v) is 10.3. The highest BCUT2D eigenvalue weighted by Gasteiger charge is 2.31. The Morgan fingerprint density at radius 2 is 1.75 bits per heavy atom. The van der Waals surface area contributed by atoms with Crippen LogP contribution in [0.25, 0.3) is 21.8 Å². The Hall–Kier alpha value is -5.85. The lowest BCUT2D eigenvalue weighted by atomic mass is 9.91. The number of piperidine rings is 1. The Kier molecular flexibility index (Phi) is 12.6. The molecule has 15 nitrogen and oxygen atoms in total. The van der Waals surface area contributed by atoms with Gasteiger partial charge in [0.2, 0.25) is 33.7 Å². The zero-order chi connectivity index (χ0) is 44.5. The van der Waals surface area contributed by atoms with Crippen molar-refractivity contribution in [3.63, 3.8) is 0 Å². The van der Waals surface area contributed by atoms with Crippen LogP contribution in [0.15, 0.2) is 67.0 Å². The number of carbonyl (C=O) groups excluding carboxylic acids is 3. The first-order chi connectivity index (χ1) is 30.1. The van der Waals surface area contributed by atoms with Crippen molar-refractivity contribution in [3.8, 4) is 21.8 Å². The molecule has 0 radical (unpaired) electrons. The van der Waals surface area contributed by atoms with Crippen molar-refractivity contribution in [3.05, 3.63) is 94.5 Å². The van der Waals surface area contributed by atoms with Gasteiger partial charge in [0.1, 0.15) is 5.82 Å². The molecule has 2 aromatic carbocycles. The van der Waals surface area contributed by atoms with E-state index in [1.165, 1.54) is 17.4 Å². The molecule has 5 aromatic rings. The van der Waals surface area contributed by atoms with Crippen molar-refractivity contribution in [1.29, 1.82) is 0 Å². The average Bonchev–Trinajstić information content (AvgIpc) is 3.71. The zero-order valence-corrected chi connectivity index (χ0v) is 37.4. The summed E-state index contributed by atoms with van der Waals surface area (Å²) < 4.78 is 43.6. The molecule has 3 aliphatic rings. The lowest BCUT2D eigenvalue weighted by molar-refractivity contribution is -0.135. The van der Waals surface area contributed by atoms with Gasteiger partial charge >= 0.3 is 0 Å². The molecule has 8 rings (SSSR count). The quantitative estimate of drug-likeness (QED) is 0.121. The number of halogens is 1. The molecule has 3 N–H and O–H groups in total. The van der Waals surface area contributed by atoms with Crippen LogP contribution in [-0.4, -0.2) is 101 Å². The molecule has 0 spiro atoms. The van der Waals surface area contributed by atoms with Crippen LogP contribution in [0.2, 0.25) is 0 Å². The molecular weight excluding hydrogens is 844 g/mol. The Morgan fingerprint density at radius 3 is 2.51 bits per heavy atom. The molecule has 2 saturated heterocycles. The minimum Gasteiger partial charge on any atom is -0.354 e. The maximum Gasteiger partial charge on any atom is 0.237 e. The van der Waals surface area contributed by atoms with Crippen LogP contribution in [-0.2, 0) is 42.8 Å². The normalized spacial score (nSPS) is 17.3. The lowest BCUT2D eigenvalue weighted by Gasteiger charge is -2.37. The molecular formula is C45H51FN10O5S2. The molecule has 63 heavy (non-hydrogen) atoms. The van der Waals surface area contributed by atoms with Crippen molar-refractivity contribution < 1.29 is 27.2 Å². The van der Waals surface area contributed by atoms with Gasteiger partial charge in [0.15, 0.2) is 5.82 Å². The fourth-order valence-electron chi connectivity index (χ4n) is 8.06. The van der Waals surface area contributed by atoms with Crippen molar-refractivity contribution in [2.75, 3.05) is 60.0 Å². The number of thiazole rings is 1. The van der Waals surface area contributed by atoms with Gasteiger partial charge in [-0.1, -0.05) is 39.8 Å². The smallest absolute Gasteiger partial charge is 0.237 e. The van der Waals surface area contributed by atoms with Crippen molar-refractivity contribution >= 4 is 62.2 Å². The van der Waals surface area contributed by atoms with E-state index in [1.54, 1.807) is 37.5 Å². The van der Waals surface area contributed by atoms with Gasteiger partial charge in [-0.3, -0.25) is 29.3 Å². The molecule has 1 atom stereocenters. The minimum atomic E-state index is -3.73. The SMILES string of the molecule is CCCS(=O)(=O)Nc1cccc(-c2nc(C(C)(C)C)sc2-c2ccnc(Nc3ccc4c(c3)CCN(C(=O)CN3CCN(c5cc([C@H]6CCC(=O)NC6=O)ccn5)CC3)C4)n2)c1F. The first kappa shape index (κ1) is 43.8. The number of amides is 3. The second kappa shape index (κ2) is 18.1. The third-order valence-corrected chi connectivity index (χ3v) is 14.4. The van der Waals surface area contributed by atoms with Crippen LogP contribution in [0, 0.1) is 5.82 Å². The number of nitrogens with one attached hydrogen (secondary N) is 3. The van der Waals surface area contributed by atoms with E-state index >= 15 is 4.39 Å². The van der Waals surface area contributed by atoms with Gasteiger partial charge in [-0.15, -0.1) is 11.3 Å². The summed E-state index contributed by atoms with van der Waals surface area (Å²) in [6.07, 6.45) is 5.25. The topological polar surface area (TPSA) is 183 Å². The van der Waals surface area contributed by atoms with Gasteiger partial charge in [-0.25, -0.2) is 32.7 Å². The summed E-state index contributed by atoms with van der Waals surface area (Å²) in [7, 11) is -3.73. The number of sulfonamides is 1. The number of hydrogen-bond donors (Lipinski definition) is 3. The number of imide groups is 1. The van der Waals surface area contributed by atoms with Crippen molar-refractivity contribution in [2.45, 2.75) is 71.3 Å². The van der Waals surface area contributed by atoms with Crippen LogP contribution >= 0.6 is 11.3 Å². The Balaban J connectivity index is 0.903. The Morgan fingerprint density at radius 1 is 0.952 bits per heavy atom. The van der Waals surface area contributed by atoms with E-state index in [-0.39, 0.29) is 46.1 Å². The molecule has 0 aliphatic carbocycles. The molecule has 0 unspecified atom stereocenters. The average molecular weight is 895 g/mol. The second-order valence-electron chi connectivity index (χ2n) is 17.2. The highest BCUT2D eigenvalue weighted by Crippen LogP contribution is 2.42. The number of nitrogens with zero attached hydrogens (tertiary/aromatic N) is 7. The highest BCUT2D eigenvalue weighted by atomic mass is 32.2. The van der Waals surface area contributed by atoms with Crippen LogP contribution in [0.5, 0.6) is 0 Å². The number of fused-ring (bicyclic) bond motifs is 1. The number of anilines is 4. The predicted molar refractivity (Wildman–Crippen MR) is 242 cm³/mol. The number of hydrogen-bond acceptors (Lipinski definition) is 13. The zero-order valence-electron chi connectivity index (χ0n) is 35.8.